The summed E-state index contributed by atoms with van der Waals surface area (Å²) < 4.78 is 0. The van der Waals surface area contributed by atoms with Gasteiger partial charge in [-0.3, -0.25) is 0 Å². The standard InChI is InChI=1S/C9H20N2S2/c1-5-11(8-13-4)6-9(10-2)7-12-3/h6,10H,5,7-8H2,1-4H3/b9-6-. The van der Waals surface area contributed by atoms with Crippen LogP contribution >= 0.6 is 23.5 Å². The lowest BCUT2D eigenvalue weighted by molar-refractivity contribution is 0.460. The van der Waals surface area contributed by atoms with E-state index in [1.54, 1.807) is 0 Å². The average molecular weight is 220 g/mol. The van der Waals surface area contributed by atoms with Crippen LogP contribution in [0.3, 0.4) is 0 Å². The van der Waals surface area contributed by atoms with E-state index < -0.39 is 0 Å². The van der Waals surface area contributed by atoms with Crippen LogP contribution in [0, 0.1) is 0 Å². The van der Waals surface area contributed by atoms with E-state index in [2.05, 4.69) is 35.9 Å². The van der Waals surface area contributed by atoms with Crippen molar-refractivity contribution < 1.29 is 0 Å². The molecule has 0 aromatic rings. The lowest BCUT2D eigenvalue weighted by atomic mass is 10.5. The van der Waals surface area contributed by atoms with Crippen LogP contribution in [0.15, 0.2) is 11.9 Å². The second-order valence-electron chi connectivity index (χ2n) is 2.66. The molecule has 1 N–H and O–H groups in total. The summed E-state index contributed by atoms with van der Waals surface area (Å²) in [5.74, 6) is 2.12. The van der Waals surface area contributed by atoms with Crippen molar-refractivity contribution in [3.8, 4) is 0 Å². The molecule has 0 fully saturated rings. The van der Waals surface area contributed by atoms with E-state index in [0.717, 1.165) is 18.2 Å². The van der Waals surface area contributed by atoms with E-state index in [1.165, 1.54) is 5.70 Å². The zero-order valence-corrected chi connectivity index (χ0v) is 10.6. The van der Waals surface area contributed by atoms with Gasteiger partial charge in [-0.1, -0.05) is 0 Å². The molecule has 0 aliphatic carbocycles. The molecule has 2 nitrogen and oxygen atoms in total. The topological polar surface area (TPSA) is 15.3 Å². The number of hydrogen-bond acceptors (Lipinski definition) is 4. The number of rotatable bonds is 7. The largest absolute Gasteiger partial charge is 0.390 e. The molecule has 0 aromatic heterocycles. The second kappa shape index (κ2) is 8.63. The summed E-state index contributed by atoms with van der Waals surface area (Å²) in [7, 11) is 1.98. The van der Waals surface area contributed by atoms with Crippen LogP contribution < -0.4 is 5.32 Å². The smallest absolute Gasteiger partial charge is 0.0631 e. The van der Waals surface area contributed by atoms with Crippen LogP contribution in [0.4, 0.5) is 0 Å². The van der Waals surface area contributed by atoms with Crippen molar-refractivity contribution in [3.63, 3.8) is 0 Å². The number of nitrogens with one attached hydrogen (secondary N) is 1. The molecule has 0 aliphatic heterocycles. The van der Waals surface area contributed by atoms with Gasteiger partial charge in [0.15, 0.2) is 0 Å². The van der Waals surface area contributed by atoms with Gasteiger partial charge in [0.1, 0.15) is 0 Å². The Balaban J connectivity index is 4.08. The van der Waals surface area contributed by atoms with Gasteiger partial charge < -0.3 is 10.2 Å². The third-order valence-corrected chi connectivity index (χ3v) is 2.85. The quantitative estimate of drug-likeness (QED) is 0.660. The van der Waals surface area contributed by atoms with Crippen molar-refractivity contribution in [1.29, 1.82) is 0 Å². The molecule has 0 amide bonds. The van der Waals surface area contributed by atoms with Gasteiger partial charge >= 0.3 is 0 Å². The molecule has 4 heteroatoms. The molecular formula is C9H20N2S2. The zero-order chi connectivity index (χ0) is 10.1. The molecule has 0 unspecified atom stereocenters. The highest BCUT2D eigenvalue weighted by Crippen LogP contribution is 2.05. The first-order valence-electron chi connectivity index (χ1n) is 4.38. The van der Waals surface area contributed by atoms with Gasteiger partial charge in [-0.15, -0.1) is 11.8 Å². The minimum absolute atomic E-state index is 1.06. The molecule has 0 aromatic carbocycles. The number of hydrogen-bond donors (Lipinski definition) is 1. The Bertz CT molecular complexity index is 149. The Morgan fingerprint density at radius 1 is 1.38 bits per heavy atom. The van der Waals surface area contributed by atoms with Gasteiger partial charge in [0.25, 0.3) is 0 Å². The SMILES string of the molecule is CCN(/C=C(/CSC)NC)CSC. The van der Waals surface area contributed by atoms with Gasteiger partial charge in [-0.25, -0.2) is 0 Å². The highest BCUT2D eigenvalue weighted by molar-refractivity contribution is 7.98. The van der Waals surface area contributed by atoms with E-state index in [1.807, 2.05) is 30.6 Å². The third kappa shape index (κ3) is 6.16. The van der Waals surface area contributed by atoms with E-state index in [0.29, 0.717) is 0 Å². The molecule has 0 bridgehead atoms. The molecule has 78 valence electrons. The lowest BCUT2D eigenvalue weighted by Gasteiger charge is -2.18. The first-order valence-corrected chi connectivity index (χ1v) is 7.17. The van der Waals surface area contributed by atoms with Crippen LogP contribution in [0.2, 0.25) is 0 Å². The number of nitrogens with zero attached hydrogens (tertiary/aromatic N) is 1. The predicted molar refractivity (Wildman–Crippen MR) is 66.3 cm³/mol. The Morgan fingerprint density at radius 2 is 2.08 bits per heavy atom. The summed E-state index contributed by atoms with van der Waals surface area (Å²) in [6.45, 7) is 3.25. The third-order valence-electron chi connectivity index (χ3n) is 1.66. The Morgan fingerprint density at radius 3 is 2.46 bits per heavy atom. The highest BCUT2D eigenvalue weighted by Gasteiger charge is 1.97. The zero-order valence-electron chi connectivity index (χ0n) is 8.96. The summed E-state index contributed by atoms with van der Waals surface area (Å²) in [5, 5.41) is 3.22. The summed E-state index contributed by atoms with van der Waals surface area (Å²) in [5.41, 5.74) is 1.29. The van der Waals surface area contributed by atoms with Crippen molar-refractivity contribution in [2.45, 2.75) is 6.92 Å². The molecule has 13 heavy (non-hydrogen) atoms. The maximum Gasteiger partial charge on any atom is 0.0631 e. The fraction of sp³-hybridized carbons (Fsp3) is 0.778. The maximum atomic E-state index is 3.22. The second-order valence-corrected chi connectivity index (χ2v) is 4.36. The normalized spacial score (nSPS) is 11.5. The molecule has 0 saturated heterocycles. The van der Waals surface area contributed by atoms with Crippen LogP contribution in [0.5, 0.6) is 0 Å². The van der Waals surface area contributed by atoms with E-state index in [9.17, 15) is 0 Å². The van der Waals surface area contributed by atoms with Crippen LogP contribution in [0.25, 0.3) is 0 Å². The van der Waals surface area contributed by atoms with Crippen molar-refractivity contribution in [2.24, 2.45) is 0 Å². The van der Waals surface area contributed by atoms with Gasteiger partial charge in [0, 0.05) is 31.2 Å². The molecule has 0 rings (SSSR count). The van der Waals surface area contributed by atoms with E-state index >= 15 is 0 Å². The summed E-state index contributed by atoms with van der Waals surface area (Å²) in [4.78, 5) is 2.31. The molecule has 0 atom stereocenters. The summed E-state index contributed by atoms with van der Waals surface area (Å²) >= 11 is 3.69. The molecule has 0 spiro atoms. The fourth-order valence-corrected chi connectivity index (χ4v) is 2.05. The van der Waals surface area contributed by atoms with E-state index in [4.69, 9.17) is 0 Å². The lowest BCUT2D eigenvalue weighted by Crippen LogP contribution is -2.20. The Kier molecular flexibility index (Phi) is 8.66. The van der Waals surface area contributed by atoms with E-state index in [-0.39, 0.29) is 0 Å². The molecule has 0 radical (unpaired) electrons. The summed E-state index contributed by atoms with van der Waals surface area (Å²) in [6, 6.07) is 0. The fourth-order valence-electron chi connectivity index (χ4n) is 0.936. The average Bonchev–Trinajstić information content (AvgIpc) is 2.16. The van der Waals surface area contributed by atoms with Gasteiger partial charge in [-0.05, 0) is 19.4 Å². The van der Waals surface area contributed by atoms with Gasteiger partial charge in [0.2, 0.25) is 0 Å². The predicted octanol–water partition coefficient (Wildman–Crippen LogP) is 2.05. The molecule has 0 saturated carbocycles. The molecule has 0 heterocycles. The van der Waals surface area contributed by atoms with Crippen LogP contribution in [-0.4, -0.2) is 42.6 Å². The summed E-state index contributed by atoms with van der Waals surface area (Å²) in [6.07, 6.45) is 6.47. The Labute approximate surface area is 90.5 Å². The highest BCUT2D eigenvalue weighted by atomic mass is 32.2. The molecular weight excluding hydrogens is 200 g/mol. The Hall–Kier alpha value is 0.0400. The minimum atomic E-state index is 1.06. The maximum absolute atomic E-state index is 3.22. The van der Waals surface area contributed by atoms with Gasteiger partial charge in [-0.2, -0.15) is 11.8 Å². The van der Waals surface area contributed by atoms with Crippen molar-refractivity contribution in [1.82, 2.24) is 10.2 Å². The first kappa shape index (κ1) is 13.0. The minimum Gasteiger partial charge on any atom is -0.390 e. The van der Waals surface area contributed by atoms with Crippen molar-refractivity contribution in [3.05, 3.63) is 11.9 Å². The van der Waals surface area contributed by atoms with Crippen LogP contribution in [0.1, 0.15) is 6.92 Å². The van der Waals surface area contributed by atoms with Crippen LogP contribution in [-0.2, 0) is 0 Å². The van der Waals surface area contributed by atoms with Crippen molar-refractivity contribution >= 4 is 23.5 Å². The molecule has 0 aliphatic rings. The van der Waals surface area contributed by atoms with Crippen molar-refractivity contribution in [2.75, 3.05) is 37.7 Å². The van der Waals surface area contributed by atoms with Gasteiger partial charge in [0.05, 0.1) is 5.88 Å². The first-order chi connectivity index (χ1) is 6.28. The number of thioether (sulfide) groups is 2. The monoisotopic (exact) mass is 220 g/mol.